The first-order chi connectivity index (χ1) is 14.6. The Balaban J connectivity index is 1.37. The molecule has 2 aromatic heterocycles. The maximum atomic E-state index is 11.9. The minimum Gasteiger partial charge on any atom is -0.497 e. The second-order valence-electron chi connectivity index (χ2n) is 6.47. The highest BCUT2D eigenvalue weighted by molar-refractivity contribution is 5.91. The quantitative estimate of drug-likeness (QED) is 0.372. The molecule has 0 aliphatic rings. The van der Waals surface area contributed by atoms with Crippen LogP contribution in [0.25, 0.3) is 6.08 Å². The van der Waals surface area contributed by atoms with Crippen molar-refractivity contribution >= 4 is 29.4 Å². The van der Waals surface area contributed by atoms with Gasteiger partial charge in [0.05, 0.1) is 7.11 Å². The Kier molecular flexibility index (Phi) is 7.32. The summed E-state index contributed by atoms with van der Waals surface area (Å²) in [4.78, 5) is 16.2. The molecule has 0 unspecified atom stereocenters. The fourth-order valence-electron chi connectivity index (χ4n) is 2.49. The lowest BCUT2D eigenvalue weighted by molar-refractivity contribution is -0.116. The number of anilines is 3. The molecule has 30 heavy (non-hydrogen) atoms. The summed E-state index contributed by atoms with van der Waals surface area (Å²) in [5.74, 6) is 2.56. The molecule has 8 heteroatoms. The zero-order chi connectivity index (χ0) is 21.2. The Bertz CT molecular complexity index is 970. The van der Waals surface area contributed by atoms with Crippen molar-refractivity contribution < 1.29 is 9.53 Å². The Morgan fingerprint density at radius 3 is 2.37 bits per heavy atom. The van der Waals surface area contributed by atoms with Crippen LogP contribution in [0.3, 0.4) is 0 Å². The van der Waals surface area contributed by atoms with Crippen molar-refractivity contribution in [3.63, 3.8) is 0 Å². The van der Waals surface area contributed by atoms with Crippen molar-refractivity contribution in [2.45, 2.75) is 6.92 Å². The average Bonchev–Trinajstić information content (AvgIpc) is 2.78. The van der Waals surface area contributed by atoms with Crippen LogP contribution in [0.4, 0.5) is 17.5 Å². The summed E-state index contributed by atoms with van der Waals surface area (Å²) in [5.41, 5.74) is 2.02. The normalized spacial score (nSPS) is 10.6. The van der Waals surface area contributed by atoms with Crippen molar-refractivity contribution in [3.05, 3.63) is 71.9 Å². The van der Waals surface area contributed by atoms with E-state index in [0.717, 1.165) is 16.9 Å². The van der Waals surface area contributed by atoms with E-state index in [1.165, 1.54) is 6.08 Å². The van der Waals surface area contributed by atoms with E-state index in [-0.39, 0.29) is 5.91 Å². The summed E-state index contributed by atoms with van der Waals surface area (Å²) >= 11 is 0. The summed E-state index contributed by atoms with van der Waals surface area (Å²) in [7, 11) is 1.62. The highest BCUT2D eigenvalue weighted by Crippen LogP contribution is 2.13. The Morgan fingerprint density at radius 1 is 0.967 bits per heavy atom. The molecule has 0 aliphatic carbocycles. The predicted octanol–water partition coefficient (Wildman–Crippen LogP) is 3.17. The highest BCUT2D eigenvalue weighted by atomic mass is 16.5. The van der Waals surface area contributed by atoms with E-state index in [9.17, 15) is 4.79 Å². The van der Waals surface area contributed by atoms with Gasteiger partial charge in [0, 0.05) is 25.4 Å². The number of nitrogens with one attached hydrogen (secondary N) is 3. The van der Waals surface area contributed by atoms with Crippen LogP contribution in [0.5, 0.6) is 5.75 Å². The monoisotopic (exact) mass is 404 g/mol. The van der Waals surface area contributed by atoms with Gasteiger partial charge in [-0.05, 0) is 54.5 Å². The SMILES string of the molecule is COc1ccc(/C=C/C(=O)NCCNc2ccc(Nc3ccc(C)cn3)nn2)cc1. The molecule has 0 spiro atoms. The number of amides is 1. The largest absolute Gasteiger partial charge is 0.497 e. The minimum absolute atomic E-state index is 0.163. The number of hydrogen-bond acceptors (Lipinski definition) is 7. The first-order valence-electron chi connectivity index (χ1n) is 9.49. The van der Waals surface area contributed by atoms with Crippen LogP contribution >= 0.6 is 0 Å². The van der Waals surface area contributed by atoms with Crippen LogP contribution in [-0.4, -0.2) is 41.3 Å². The van der Waals surface area contributed by atoms with Gasteiger partial charge in [0.15, 0.2) is 5.82 Å². The number of carbonyl (C=O) groups is 1. The van der Waals surface area contributed by atoms with Crippen molar-refractivity contribution in [1.29, 1.82) is 0 Å². The minimum atomic E-state index is -0.163. The van der Waals surface area contributed by atoms with E-state index in [4.69, 9.17) is 4.74 Å². The molecule has 0 bridgehead atoms. The number of pyridine rings is 1. The van der Waals surface area contributed by atoms with Gasteiger partial charge in [-0.3, -0.25) is 4.79 Å². The van der Waals surface area contributed by atoms with Crippen LogP contribution in [-0.2, 0) is 4.79 Å². The highest BCUT2D eigenvalue weighted by Gasteiger charge is 2.00. The van der Waals surface area contributed by atoms with E-state index >= 15 is 0 Å². The number of aryl methyl sites for hydroxylation is 1. The van der Waals surface area contributed by atoms with Gasteiger partial charge in [-0.25, -0.2) is 4.98 Å². The molecule has 3 aromatic rings. The number of methoxy groups -OCH3 is 1. The van der Waals surface area contributed by atoms with Gasteiger partial charge in [-0.15, -0.1) is 10.2 Å². The third-order valence-corrected chi connectivity index (χ3v) is 4.11. The van der Waals surface area contributed by atoms with Crippen LogP contribution in [0.1, 0.15) is 11.1 Å². The van der Waals surface area contributed by atoms with Crippen LogP contribution in [0, 0.1) is 6.92 Å². The van der Waals surface area contributed by atoms with Crippen molar-refractivity contribution in [2.24, 2.45) is 0 Å². The molecule has 3 N–H and O–H groups in total. The second kappa shape index (κ2) is 10.6. The second-order valence-corrected chi connectivity index (χ2v) is 6.47. The van der Waals surface area contributed by atoms with Gasteiger partial charge < -0.3 is 20.7 Å². The molecule has 1 amide bonds. The number of benzene rings is 1. The first-order valence-corrected chi connectivity index (χ1v) is 9.49. The lowest BCUT2D eigenvalue weighted by Gasteiger charge is -2.07. The lowest BCUT2D eigenvalue weighted by Crippen LogP contribution is -2.27. The molecule has 0 aliphatic heterocycles. The molecule has 154 valence electrons. The van der Waals surface area contributed by atoms with Gasteiger partial charge in [-0.1, -0.05) is 18.2 Å². The molecule has 0 saturated heterocycles. The maximum absolute atomic E-state index is 11.9. The summed E-state index contributed by atoms with van der Waals surface area (Å²) in [6.45, 7) is 2.97. The van der Waals surface area contributed by atoms with Crippen LogP contribution in [0.2, 0.25) is 0 Å². The van der Waals surface area contributed by atoms with Crippen molar-refractivity contribution in [2.75, 3.05) is 30.8 Å². The summed E-state index contributed by atoms with van der Waals surface area (Å²) in [5, 5.41) is 17.2. The van der Waals surface area contributed by atoms with Gasteiger partial charge in [0.2, 0.25) is 5.91 Å². The first kappa shape index (κ1) is 20.8. The molecule has 0 saturated carbocycles. The molecule has 8 nitrogen and oxygen atoms in total. The van der Waals surface area contributed by atoms with Crippen molar-refractivity contribution in [3.8, 4) is 5.75 Å². The number of nitrogens with zero attached hydrogens (tertiary/aromatic N) is 3. The van der Waals surface area contributed by atoms with E-state index < -0.39 is 0 Å². The number of carbonyl (C=O) groups excluding carboxylic acids is 1. The van der Waals surface area contributed by atoms with E-state index in [1.807, 2.05) is 55.5 Å². The number of ether oxygens (including phenoxy) is 1. The third kappa shape index (κ3) is 6.59. The molecular weight excluding hydrogens is 380 g/mol. The summed E-state index contributed by atoms with van der Waals surface area (Å²) in [6, 6.07) is 14.9. The Labute approximate surface area is 175 Å². The van der Waals surface area contributed by atoms with Gasteiger partial charge in [0.1, 0.15) is 17.4 Å². The standard InChI is InChI=1S/C22H24N6O2/c1-16-3-9-19(25-15-16)26-21-11-10-20(27-28-21)23-13-14-24-22(29)12-6-17-4-7-18(30-2)8-5-17/h3-12,15H,13-14H2,1-2H3,(H,23,27)(H,24,29)(H,25,26,28)/b12-6+. The Hall–Kier alpha value is -3.94. The van der Waals surface area contributed by atoms with E-state index in [0.29, 0.717) is 30.5 Å². The molecule has 0 atom stereocenters. The average molecular weight is 404 g/mol. The van der Waals surface area contributed by atoms with Crippen LogP contribution < -0.4 is 20.7 Å². The zero-order valence-corrected chi connectivity index (χ0v) is 16.9. The third-order valence-electron chi connectivity index (χ3n) is 4.11. The summed E-state index contributed by atoms with van der Waals surface area (Å²) < 4.78 is 5.11. The van der Waals surface area contributed by atoms with Gasteiger partial charge >= 0.3 is 0 Å². The molecule has 0 fully saturated rings. The van der Waals surface area contributed by atoms with Crippen LogP contribution in [0.15, 0.2) is 60.8 Å². The number of rotatable bonds is 9. The van der Waals surface area contributed by atoms with Gasteiger partial charge in [-0.2, -0.15) is 0 Å². The topological polar surface area (TPSA) is 101 Å². The maximum Gasteiger partial charge on any atom is 0.244 e. The number of hydrogen-bond donors (Lipinski definition) is 3. The fourth-order valence-corrected chi connectivity index (χ4v) is 2.49. The van der Waals surface area contributed by atoms with E-state index in [2.05, 4.69) is 31.1 Å². The lowest BCUT2D eigenvalue weighted by atomic mass is 10.2. The molecule has 3 rings (SSSR count). The van der Waals surface area contributed by atoms with Gasteiger partial charge in [0.25, 0.3) is 0 Å². The summed E-state index contributed by atoms with van der Waals surface area (Å²) in [6.07, 6.45) is 5.04. The molecule has 0 radical (unpaired) electrons. The van der Waals surface area contributed by atoms with E-state index in [1.54, 1.807) is 19.4 Å². The molecular formula is C22H24N6O2. The molecule has 1 aromatic carbocycles. The number of aromatic nitrogens is 3. The smallest absolute Gasteiger partial charge is 0.244 e. The zero-order valence-electron chi connectivity index (χ0n) is 16.9. The van der Waals surface area contributed by atoms with Crippen molar-refractivity contribution in [1.82, 2.24) is 20.5 Å². The predicted molar refractivity (Wildman–Crippen MR) is 118 cm³/mol. The fraction of sp³-hybridized carbons (Fsp3) is 0.182. The Morgan fingerprint density at radius 2 is 1.70 bits per heavy atom. The molecule has 2 heterocycles.